The number of carbonyl (C=O) groups is 1. The fourth-order valence-corrected chi connectivity index (χ4v) is 3.48. The summed E-state index contributed by atoms with van der Waals surface area (Å²) in [7, 11) is 1.94. The highest BCUT2D eigenvalue weighted by Gasteiger charge is 2.22. The third-order valence-electron chi connectivity index (χ3n) is 5.98. The molecule has 1 unspecified atom stereocenters. The highest BCUT2D eigenvalue weighted by molar-refractivity contribution is 5.94. The molecule has 1 atom stereocenters. The fourth-order valence-electron chi connectivity index (χ4n) is 3.48. The van der Waals surface area contributed by atoms with Gasteiger partial charge in [-0.25, -0.2) is 0 Å². The van der Waals surface area contributed by atoms with Crippen molar-refractivity contribution in [2.45, 2.75) is 64.8 Å². The van der Waals surface area contributed by atoms with E-state index in [4.69, 9.17) is 5.73 Å². The molecule has 4 nitrogen and oxygen atoms in total. The van der Waals surface area contributed by atoms with E-state index in [1.165, 1.54) is 16.7 Å². The smallest absolute Gasteiger partial charge is 0.179 e. The first kappa shape index (κ1) is 21.4. The topological polar surface area (TPSA) is 68.2 Å². The Kier molecular flexibility index (Phi) is 7.40. The number of ketones is 1. The second-order valence-electron chi connectivity index (χ2n) is 7.78. The van der Waals surface area contributed by atoms with Gasteiger partial charge in [-0.1, -0.05) is 25.1 Å². The normalized spacial score (nSPS) is 13.6. The predicted molar refractivity (Wildman–Crippen MR) is 111 cm³/mol. The summed E-state index contributed by atoms with van der Waals surface area (Å²) in [6.45, 7) is 6.25. The number of hydrogen-bond acceptors (Lipinski definition) is 3. The summed E-state index contributed by atoms with van der Waals surface area (Å²) in [5, 5.41) is 9.47. The van der Waals surface area contributed by atoms with Crippen molar-refractivity contribution in [2.24, 2.45) is 12.8 Å². The van der Waals surface area contributed by atoms with Gasteiger partial charge in [0.25, 0.3) is 0 Å². The molecule has 0 aliphatic carbocycles. The van der Waals surface area contributed by atoms with Gasteiger partial charge in [-0.05, 0) is 74.8 Å². The molecule has 0 saturated carbocycles. The summed E-state index contributed by atoms with van der Waals surface area (Å²) in [5.74, 6) is 0.186. The fraction of sp³-hybridized carbons (Fsp3) is 0.522. The monoisotopic (exact) mass is 370 g/mol. The molecule has 0 saturated heterocycles. The number of nitrogens with zero attached hydrogens (tertiary/aromatic N) is 1. The van der Waals surface area contributed by atoms with Gasteiger partial charge in [-0.15, -0.1) is 0 Å². The van der Waals surface area contributed by atoms with Gasteiger partial charge in [-0.3, -0.25) is 4.79 Å². The standard InChI is InChI=1S/C23H34N2O2/c1-5-23(24,16-26)15-14-20-12-13-21(25(20)4)22(27)11-7-10-19-9-6-8-17(2)18(19)3/h6,8-9,12-13,26H,5,7,10-11,14-16,24H2,1-4H3. The minimum Gasteiger partial charge on any atom is -0.394 e. The SMILES string of the molecule is CCC(N)(CO)CCc1ccc(C(=O)CCCc2cccc(C)c2C)n1C. The van der Waals surface area contributed by atoms with Gasteiger partial charge in [0, 0.05) is 24.7 Å². The Balaban J connectivity index is 1.93. The number of aliphatic hydroxyl groups excluding tert-OH is 1. The minimum absolute atomic E-state index is 0.0158. The van der Waals surface area contributed by atoms with Crippen LogP contribution < -0.4 is 5.73 Å². The van der Waals surface area contributed by atoms with E-state index in [1.807, 2.05) is 30.7 Å². The molecule has 0 radical (unpaired) electrons. The van der Waals surface area contributed by atoms with Crippen molar-refractivity contribution >= 4 is 5.78 Å². The van der Waals surface area contributed by atoms with Crippen molar-refractivity contribution in [3.05, 3.63) is 58.4 Å². The molecule has 3 N–H and O–H groups in total. The number of hydrogen-bond donors (Lipinski definition) is 2. The van der Waals surface area contributed by atoms with E-state index in [0.717, 1.165) is 37.1 Å². The van der Waals surface area contributed by atoms with Gasteiger partial charge >= 0.3 is 0 Å². The molecule has 0 spiro atoms. The van der Waals surface area contributed by atoms with E-state index in [2.05, 4.69) is 32.0 Å². The van der Waals surface area contributed by atoms with E-state index < -0.39 is 5.54 Å². The third-order valence-corrected chi connectivity index (χ3v) is 5.98. The molecule has 1 aromatic heterocycles. The van der Waals surface area contributed by atoms with Crippen LogP contribution in [-0.2, 0) is 19.9 Å². The summed E-state index contributed by atoms with van der Waals surface area (Å²) >= 11 is 0. The number of Topliss-reactive ketones (excluding diaryl/α,β-unsaturated/α-hetero) is 1. The molecular weight excluding hydrogens is 336 g/mol. The highest BCUT2D eigenvalue weighted by atomic mass is 16.3. The van der Waals surface area contributed by atoms with E-state index in [0.29, 0.717) is 12.8 Å². The maximum atomic E-state index is 12.6. The molecule has 1 heterocycles. The van der Waals surface area contributed by atoms with Gasteiger partial charge in [0.05, 0.1) is 12.3 Å². The van der Waals surface area contributed by atoms with Crippen LogP contribution in [0.1, 0.15) is 65.5 Å². The quantitative estimate of drug-likeness (QED) is 0.624. The van der Waals surface area contributed by atoms with Crippen LogP contribution in [0.5, 0.6) is 0 Å². The van der Waals surface area contributed by atoms with Crippen LogP contribution in [-0.4, -0.2) is 27.6 Å². The molecule has 0 bridgehead atoms. The van der Waals surface area contributed by atoms with Gasteiger partial charge in [-0.2, -0.15) is 0 Å². The van der Waals surface area contributed by atoms with Crippen molar-refractivity contribution in [3.63, 3.8) is 0 Å². The van der Waals surface area contributed by atoms with Crippen LogP contribution in [0.4, 0.5) is 0 Å². The van der Waals surface area contributed by atoms with E-state index in [9.17, 15) is 9.90 Å². The minimum atomic E-state index is -0.542. The molecule has 148 valence electrons. The van der Waals surface area contributed by atoms with Crippen molar-refractivity contribution in [1.29, 1.82) is 0 Å². The van der Waals surface area contributed by atoms with E-state index >= 15 is 0 Å². The first-order valence-electron chi connectivity index (χ1n) is 9.94. The van der Waals surface area contributed by atoms with Crippen molar-refractivity contribution < 1.29 is 9.90 Å². The third kappa shape index (κ3) is 5.30. The maximum absolute atomic E-state index is 12.6. The Bertz CT molecular complexity index is 773. The molecular formula is C23H34N2O2. The first-order chi connectivity index (χ1) is 12.8. The highest BCUT2D eigenvalue weighted by Crippen LogP contribution is 2.19. The van der Waals surface area contributed by atoms with Crippen LogP contribution in [0.25, 0.3) is 0 Å². The zero-order valence-corrected chi connectivity index (χ0v) is 17.2. The number of nitrogens with two attached hydrogens (primary N) is 1. The number of benzene rings is 1. The maximum Gasteiger partial charge on any atom is 0.179 e. The van der Waals surface area contributed by atoms with Gasteiger partial charge in [0.2, 0.25) is 0 Å². The van der Waals surface area contributed by atoms with Gasteiger partial charge in [0.15, 0.2) is 5.78 Å². The molecule has 0 fully saturated rings. The lowest BCUT2D eigenvalue weighted by Gasteiger charge is -2.25. The molecule has 27 heavy (non-hydrogen) atoms. The summed E-state index contributed by atoms with van der Waals surface area (Å²) in [6.07, 6.45) is 4.54. The first-order valence-corrected chi connectivity index (χ1v) is 9.94. The summed E-state index contributed by atoms with van der Waals surface area (Å²) in [4.78, 5) is 12.6. The van der Waals surface area contributed by atoms with Crippen LogP contribution in [0.3, 0.4) is 0 Å². The molecule has 2 rings (SSSR count). The Hall–Kier alpha value is -1.91. The van der Waals surface area contributed by atoms with E-state index in [1.54, 1.807) is 0 Å². The summed E-state index contributed by atoms with van der Waals surface area (Å²) in [6, 6.07) is 10.3. The average Bonchev–Trinajstić information content (AvgIpc) is 3.03. The molecule has 0 aliphatic rings. The van der Waals surface area contributed by atoms with Crippen LogP contribution in [0.15, 0.2) is 30.3 Å². The molecule has 2 aromatic rings. The zero-order chi connectivity index (χ0) is 20.0. The van der Waals surface area contributed by atoms with Crippen molar-refractivity contribution in [3.8, 4) is 0 Å². The molecule has 0 amide bonds. The van der Waals surface area contributed by atoms with Crippen LogP contribution >= 0.6 is 0 Å². The number of aromatic nitrogens is 1. The Morgan fingerprint density at radius 3 is 2.59 bits per heavy atom. The number of carbonyl (C=O) groups excluding carboxylic acids is 1. The lowest BCUT2D eigenvalue weighted by Crippen LogP contribution is -2.43. The number of aliphatic hydroxyl groups is 1. The second kappa shape index (κ2) is 9.34. The Morgan fingerprint density at radius 2 is 1.93 bits per heavy atom. The summed E-state index contributed by atoms with van der Waals surface area (Å²) in [5.41, 5.74) is 11.4. The van der Waals surface area contributed by atoms with Crippen LogP contribution in [0.2, 0.25) is 0 Å². The molecule has 1 aromatic carbocycles. The predicted octanol–water partition coefficient (Wildman–Crippen LogP) is 3.88. The second-order valence-corrected chi connectivity index (χ2v) is 7.78. The van der Waals surface area contributed by atoms with Crippen molar-refractivity contribution in [2.75, 3.05) is 6.61 Å². The van der Waals surface area contributed by atoms with Gasteiger partial charge < -0.3 is 15.4 Å². The Labute approximate surface area is 163 Å². The largest absolute Gasteiger partial charge is 0.394 e. The van der Waals surface area contributed by atoms with Crippen LogP contribution in [0, 0.1) is 13.8 Å². The van der Waals surface area contributed by atoms with E-state index in [-0.39, 0.29) is 12.4 Å². The number of rotatable bonds is 10. The zero-order valence-electron chi connectivity index (χ0n) is 17.2. The van der Waals surface area contributed by atoms with Gasteiger partial charge in [0.1, 0.15) is 0 Å². The molecule has 0 aliphatic heterocycles. The lowest BCUT2D eigenvalue weighted by atomic mass is 9.92. The molecule has 4 heteroatoms. The van der Waals surface area contributed by atoms with Crippen molar-refractivity contribution in [1.82, 2.24) is 4.57 Å². The average molecular weight is 371 g/mol. The lowest BCUT2D eigenvalue weighted by molar-refractivity contribution is 0.0972. The summed E-state index contributed by atoms with van der Waals surface area (Å²) < 4.78 is 1.98. The Morgan fingerprint density at radius 1 is 1.19 bits per heavy atom. The number of aryl methyl sites for hydroxylation is 3.